The normalized spacial score (nSPS) is 19.7. The fourth-order valence-electron chi connectivity index (χ4n) is 2.33. The van der Waals surface area contributed by atoms with E-state index < -0.39 is 0 Å². The van der Waals surface area contributed by atoms with Crippen molar-refractivity contribution in [2.75, 3.05) is 6.61 Å². The van der Waals surface area contributed by atoms with E-state index in [1.807, 2.05) is 13.0 Å². The Morgan fingerprint density at radius 1 is 1.67 bits per heavy atom. The average Bonchev–Trinajstić information content (AvgIpc) is 2.93. The topological polar surface area (TPSA) is 47.0 Å². The van der Waals surface area contributed by atoms with Crippen molar-refractivity contribution in [1.29, 1.82) is 0 Å². The van der Waals surface area contributed by atoms with E-state index in [0.29, 0.717) is 11.3 Å². The number of ether oxygens (including phenoxy) is 1. The predicted octanol–water partition coefficient (Wildman–Crippen LogP) is 2.61. The zero-order valence-electron chi connectivity index (χ0n) is 10.1. The first-order valence-corrected chi connectivity index (χ1v) is 7.22. The van der Waals surface area contributed by atoms with E-state index in [2.05, 4.69) is 4.98 Å². The van der Waals surface area contributed by atoms with E-state index in [9.17, 15) is 4.79 Å². The first-order chi connectivity index (χ1) is 8.65. The zero-order valence-corrected chi connectivity index (χ0v) is 11.7. The number of aromatic amines is 1. The summed E-state index contributed by atoms with van der Waals surface area (Å²) in [4.78, 5) is 17.5. The molecule has 0 aromatic carbocycles. The van der Waals surface area contributed by atoms with Gasteiger partial charge in [0, 0.05) is 11.5 Å². The summed E-state index contributed by atoms with van der Waals surface area (Å²) in [5, 5.41) is 0.726. The smallest absolute Gasteiger partial charge is 0.263 e. The van der Waals surface area contributed by atoms with Crippen LogP contribution in [0.25, 0.3) is 10.2 Å². The fraction of sp³-hybridized carbons (Fsp3) is 0.500. The van der Waals surface area contributed by atoms with Gasteiger partial charge in [0.05, 0.1) is 18.0 Å². The van der Waals surface area contributed by atoms with Crippen LogP contribution in [0.4, 0.5) is 0 Å². The van der Waals surface area contributed by atoms with Crippen molar-refractivity contribution in [3.8, 4) is 0 Å². The maximum atomic E-state index is 12.4. The monoisotopic (exact) mass is 282 g/mol. The third-order valence-corrected chi connectivity index (χ3v) is 4.50. The molecule has 3 heterocycles. The maximum Gasteiger partial charge on any atom is 0.263 e. The number of fused-ring (bicyclic) bond motifs is 1. The highest BCUT2D eigenvalue weighted by Gasteiger charge is 2.18. The molecule has 1 aliphatic heterocycles. The molecule has 2 aromatic rings. The summed E-state index contributed by atoms with van der Waals surface area (Å²) >= 11 is 6.83. The Bertz CT molecular complexity index is 692. The van der Waals surface area contributed by atoms with Crippen LogP contribution >= 0.6 is 23.6 Å². The van der Waals surface area contributed by atoms with Crippen molar-refractivity contribution < 1.29 is 4.74 Å². The number of aryl methyl sites for hydroxylation is 1. The fourth-order valence-corrected chi connectivity index (χ4v) is 3.55. The highest BCUT2D eigenvalue weighted by molar-refractivity contribution is 7.71. The van der Waals surface area contributed by atoms with Gasteiger partial charge in [-0.25, -0.2) is 0 Å². The summed E-state index contributed by atoms with van der Waals surface area (Å²) in [5.41, 5.74) is -0.00593. The molecule has 2 aromatic heterocycles. The summed E-state index contributed by atoms with van der Waals surface area (Å²) in [6.45, 7) is 3.33. The Labute approximate surface area is 113 Å². The Morgan fingerprint density at radius 2 is 2.50 bits per heavy atom. The lowest BCUT2D eigenvalue weighted by Gasteiger charge is -2.11. The molecule has 1 aliphatic rings. The number of nitrogens with one attached hydrogen (secondary N) is 1. The Balaban J connectivity index is 2.10. The number of hydrogen-bond acceptors (Lipinski definition) is 4. The quantitative estimate of drug-likeness (QED) is 0.861. The van der Waals surface area contributed by atoms with E-state index in [1.165, 1.54) is 0 Å². The Hall–Kier alpha value is -0.980. The van der Waals surface area contributed by atoms with Crippen molar-refractivity contribution in [1.82, 2.24) is 9.55 Å². The molecule has 0 bridgehead atoms. The summed E-state index contributed by atoms with van der Waals surface area (Å²) in [6.07, 6.45) is 2.19. The molecular weight excluding hydrogens is 268 g/mol. The summed E-state index contributed by atoms with van der Waals surface area (Å²) in [7, 11) is 0. The van der Waals surface area contributed by atoms with Crippen LogP contribution in [0.5, 0.6) is 0 Å². The lowest BCUT2D eigenvalue weighted by Crippen LogP contribution is -2.27. The highest BCUT2D eigenvalue weighted by Crippen LogP contribution is 2.20. The molecule has 1 N–H and O–H groups in total. The highest BCUT2D eigenvalue weighted by atomic mass is 32.1. The number of aromatic nitrogens is 2. The summed E-state index contributed by atoms with van der Waals surface area (Å²) in [6, 6.07) is 1.92. The van der Waals surface area contributed by atoms with Crippen LogP contribution in [-0.4, -0.2) is 22.3 Å². The Morgan fingerprint density at radius 3 is 3.22 bits per heavy atom. The lowest BCUT2D eigenvalue weighted by molar-refractivity contribution is 0.0957. The van der Waals surface area contributed by atoms with Gasteiger partial charge in [0.1, 0.15) is 4.83 Å². The van der Waals surface area contributed by atoms with Crippen LogP contribution in [0.2, 0.25) is 0 Å². The zero-order chi connectivity index (χ0) is 12.7. The standard InChI is InChI=1S/C12H14N2O2S2/c1-7-5-9-10(18-7)13-12(17)14(11(9)15)6-8-3-2-4-16-8/h5,8H,2-4,6H2,1H3,(H,13,17). The van der Waals surface area contributed by atoms with Gasteiger partial charge in [-0.2, -0.15) is 0 Å². The van der Waals surface area contributed by atoms with Crippen LogP contribution in [0.15, 0.2) is 10.9 Å². The minimum Gasteiger partial charge on any atom is -0.376 e. The molecule has 6 heteroatoms. The van der Waals surface area contributed by atoms with Gasteiger partial charge in [-0.3, -0.25) is 9.36 Å². The molecule has 0 saturated carbocycles. The Kier molecular flexibility index (Phi) is 3.09. The second kappa shape index (κ2) is 4.60. The van der Waals surface area contributed by atoms with Gasteiger partial charge in [0.15, 0.2) is 4.77 Å². The van der Waals surface area contributed by atoms with Gasteiger partial charge >= 0.3 is 0 Å². The van der Waals surface area contributed by atoms with Crippen LogP contribution in [0.1, 0.15) is 17.7 Å². The van der Waals surface area contributed by atoms with E-state index in [4.69, 9.17) is 17.0 Å². The van der Waals surface area contributed by atoms with Gasteiger partial charge in [-0.05, 0) is 38.0 Å². The van der Waals surface area contributed by atoms with E-state index >= 15 is 0 Å². The van der Waals surface area contributed by atoms with Gasteiger partial charge in [-0.1, -0.05) is 0 Å². The largest absolute Gasteiger partial charge is 0.376 e. The predicted molar refractivity (Wildman–Crippen MR) is 75.0 cm³/mol. The molecule has 18 heavy (non-hydrogen) atoms. The first-order valence-electron chi connectivity index (χ1n) is 6.00. The van der Waals surface area contributed by atoms with Gasteiger partial charge in [0.2, 0.25) is 0 Å². The molecular formula is C12H14N2O2S2. The average molecular weight is 282 g/mol. The van der Waals surface area contributed by atoms with E-state index in [1.54, 1.807) is 15.9 Å². The third-order valence-electron chi connectivity index (χ3n) is 3.21. The van der Waals surface area contributed by atoms with Crippen LogP contribution in [0, 0.1) is 11.7 Å². The maximum absolute atomic E-state index is 12.4. The van der Waals surface area contributed by atoms with Crippen molar-refractivity contribution in [2.45, 2.75) is 32.4 Å². The lowest BCUT2D eigenvalue weighted by atomic mass is 10.2. The molecule has 4 nitrogen and oxygen atoms in total. The van der Waals surface area contributed by atoms with Crippen molar-refractivity contribution >= 4 is 33.8 Å². The number of H-pyrrole nitrogens is 1. The molecule has 1 unspecified atom stereocenters. The molecule has 1 saturated heterocycles. The molecule has 1 fully saturated rings. The molecule has 3 rings (SSSR count). The molecule has 0 amide bonds. The van der Waals surface area contributed by atoms with Crippen molar-refractivity contribution in [3.05, 3.63) is 26.1 Å². The second-order valence-corrected chi connectivity index (χ2v) is 6.22. The van der Waals surface area contributed by atoms with Gasteiger partial charge < -0.3 is 9.72 Å². The minimum absolute atomic E-state index is 0.00593. The number of rotatable bonds is 2. The number of hydrogen-bond donors (Lipinski definition) is 1. The molecule has 0 spiro atoms. The van der Waals surface area contributed by atoms with Gasteiger partial charge in [-0.15, -0.1) is 11.3 Å². The number of nitrogens with zero attached hydrogens (tertiary/aromatic N) is 1. The first kappa shape index (κ1) is 12.1. The number of thiophene rings is 1. The molecule has 0 radical (unpaired) electrons. The third kappa shape index (κ3) is 2.04. The molecule has 0 aliphatic carbocycles. The second-order valence-electron chi connectivity index (χ2n) is 4.58. The van der Waals surface area contributed by atoms with Crippen LogP contribution in [-0.2, 0) is 11.3 Å². The van der Waals surface area contributed by atoms with E-state index in [-0.39, 0.29) is 11.7 Å². The van der Waals surface area contributed by atoms with Crippen molar-refractivity contribution in [2.24, 2.45) is 0 Å². The van der Waals surface area contributed by atoms with Crippen LogP contribution in [0.3, 0.4) is 0 Å². The van der Waals surface area contributed by atoms with Crippen LogP contribution < -0.4 is 5.56 Å². The summed E-state index contributed by atoms with van der Waals surface area (Å²) in [5.74, 6) is 0. The SMILES string of the molecule is Cc1cc2c(=O)n(CC3CCCO3)c(=S)[nH]c2s1. The van der Waals surface area contributed by atoms with E-state index in [0.717, 1.165) is 34.5 Å². The molecule has 1 atom stereocenters. The van der Waals surface area contributed by atoms with Gasteiger partial charge in [0.25, 0.3) is 5.56 Å². The molecule has 96 valence electrons. The van der Waals surface area contributed by atoms with Crippen molar-refractivity contribution in [3.63, 3.8) is 0 Å². The minimum atomic E-state index is -0.00593. The summed E-state index contributed by atoms with van der Waals surface area (Å²) < 4.78 is 7.68.